The van der Waals surface area contributed by atoms with Crippen molar-refractivity contribution >= 4 is 15.9 Å². The van der Waals surface area contributed by atoms with Gasteiger partial charge < -0.3 is 10.1 Å². The number of likely N-dealkylation sites (N-methyl/N-ethyl adjacent to an activating group) is 1. The number of hydrogen-bond acceptors (Lipinski definition) is 3. The summed E-state index contributed by atoms with van der Waals surface area (Å²) in [6.45, 7) is 9.32. The fourth-order valence-electron chi connectivity index (χ4n) is 2.90. The number of ether oxygens (including phenoxy) is 1. The van der Waals surface area contributed by atoms with Gasteiger partial charge in [-0.15, -0.1) is 0 Å². The molecule has 0 aromatic heterocycles. The zero-order chi connectivity index (χ0) is 14.4. The second kappa shape index (κ2) is 8.01. The number of halogens is 1. The van der Waals surface area contributed by atoms with E-state index >= 15 is 0 Å². The number of nitrogens with one attached hydrogen (secondary N) is 1. The van der Waals surface area contributed by atoms with Crippen LogP contribution in [0, 0.1) is 0 Å². The second-order valence-corrected chi connectivity index (χ2v) is 6.16. The molecule has 1 saturated heterocycles. The molecule has 1 heterocycles. The average molecular weight is 341 g/mol. The van der Waals surface area contributed by atoms with Gasteiger partial charge in [0.2, 0.25) is 0 Å². The molecule has 2 rings (SSSR count). The molecule has 20 heavy (non-hydrogen) atoms. The molecule has 1 fully saturated rings. The van der Waals surface area contributed by atoms with Crippen LogP contribution in [0.4, 0.5) is 0 Å². The molecule has 1 unspecified atom stereocenters. The molecule has 0 saturated carbocycles. The highest BCUT2D eigenvalue weighted by atomic mass is 79.9. The monoisotopic (exact) mass is 340 g/mol. The third kappa shape index (κ3) is 4.21. The third-order valence-electron chi connectivity index (χ3n) is 3.92. The fourth-order valence-corrected chi connectivity index (χ4v) is 3.31. The van der Waals surface area contributed by atoms with Crippen LogP contribution in [0.15, 0.2) is 22.7 Å². The van der Waals surface area contributed by atoms with E-state index in [9.17, 15) is 0 Å². The van der Waals surface area contributed by atoms with Crippen LogP contribution in [-0.4, -0.2) is 37.2 Å². The topological polar surface area (TPSA) is 24.5 Å². The van der Waals surface area contributed by atoms with Gasteiger partial charge in [0.25, 0.3) is 0 Å². The number of rotatable bonds is 7. The Bertz CT molecular complexity index is 425. The first-order chi connectivity index (χ1) is 9.74. The van der Waals surface area contributed by atoms with E-state index in [-0.39, 0.29) is 0 Å². The molecular formula is C16H25BrN2O. The lowest BCUT2D eigenvalue weighted by Crippen LogP contribution is -2.37. The zero-order valence-electron chi connectivity index (χ0n) is 12.5. The van der Waals surface area contributed by atoms with Gasteiger partial charge in [-0.2, -0.15) is 0 Å². The molecule has 1 N–H and O–H groups in total. The Kier molecular flexibility index (Phi) is 6.33. The molecule has 1 aliphatic rings. The molecular weight excluding hydrogens is 316 g/mol. The fraction of sp³-hybridized carbons (Fsp3) is 0.625. The first-order valence-corrected chi connectivity index (χ1v) is 8.39. The predicted octanol–water partition coefficient (Wildman–Crippen LogP) is 3.42. The van der Waals surface area contributed by atoms with Crippen LogP contribution in [0.2, 0.25) is 0 Å². The summed E-state index contributed by atoms with van der Waals surface area (Å²) in [6.07, 6.45) is 2.65. The van der Waals surface area contributed by atoms with E-state index < -0.39 is 0 Å². The smallest absolute Gasteiger partial charge is 0.123 e. The summed E-state index contributed by atoms with van der Waals surface area (Å²) < 4.78 is 6.79. The molecule has 1 aromatic rings. The summed E-state index contributed by atoms with van der Waals surface area (Å²) in [5.74, 6) is 0.988. The van der Waals surface area contributed by atoms with Crippen LogP contribution >= 0.6 is 15.9 Å². The number of hydrogen-bond donors (Lipinski definition) is 1. The van der Waals surface area contributed by atoms with Gasteiger partial charge in [-0.05, 0) is 51.1 Å². The van der Waals surface area contributed by atoms with E-state index in [0.29, 0.717) is 12.6 Å². The van der Waals surface area contributed by atoms with Crippen molar-refractivity contribution in [3.05, 3.63) is 28.2 Å². The molecule has 0 spiro atoms. The van der Waals surface area contributed by atoms with Gasteiger partial charge in [0.05, 0.1) is 6.61 Å². The zero-order valence-corrected chi connectivity index (χ0v) is 14.1. The maximum atomic E-state index is 5.69. The number of nitrogens with zero attached hydrogens (tertiary/aromatic N) is 1. The molecule has 1 aromatic carbocycles. The van der Waals surface area contributed by atoms with Crippen molar-refractivity contribution in [2.75, 3.05) is 26.2 Å². The van der Waals surface area contributed by atoms with E-state index in [0.717, 1.165) is 29.9 Å². The quantitative estimate of drug-likeness (QED) is 0.822. The van der Waals surface area contributed by atoms with Gasteiger partial charge >= 0.3 is 0 Å². The Morgan fingerprint density at radius 3 is 3.00 bits per heavy atom. The van der Waals surface area contributed by atoms with Gasteiger partial charge in [-0.1, -0.05) is 22.9 Å². The van der Waals surface area contributed by atoms with Crippen molar-refractivity contribution < 1.29 is 4.74 Å². The molecule has 0 aliphatic carbocycles. The summed E-state index contributed by atoms with van der Waals surface area (Å²) in [6, 6.07) is 6.91. The van der Waals surface area contributed by atoms with Crippen molar-refractivity contribution in [1.82, 2.24) is 10.2 Å². The maximum Gasteiger partial charge on any atom is 0.123 e. The molecule has 1 aliphatic heterocycles. The minimum atomic E-state index is 0.697. The molecule has 1 atom stereocenters. The van der Waals surface area contributed by atoms with Gasteiger partial charge in [0, 0.05) is 29.2 Å². The van der Waals surface area contributed by atoms with Crippen LogP contribution in [0.3, 0.4) is 0 Å². The lowest BCUT2D eigenvalue weighted by atomic mass is 10.2. The van der Waals surface area contributed by atoms with Crippen molar-refractivity contribution in [3.8, 4) is 5.75 Å². The largest absolute Gasteiger partial charge is 0.494 e. The molecule has 3 nitrogen and oxygen atoms in total. The first-order valence-electron chi connectivity index (χ1n) is 7.60. The predicted molar refractivity (Wildman–Crippen MR) is 87.3 cm³/mol. The van der Waals surface area contributed by atoms with Crippen LogP contribution in [-0.2, 0) is 6.54 Å². The maximum absolute atomic E-state index is 5.69. The van der Waals surface area contributed by atoms with E-state index in [1.54, 1.807) is 0 Å². The highest BCUT2D eigenvalue weighted by molar-refractivity contribution is 9.10. The summed E-state index contributed by atoms with van der Waals surface area (Å²) in [4.78, 5) is 2.57. The van der Waals surface area contributed by atoms with Gasteiger partial charge in [0.15, 0.2) is 0 Å². The normalized spacial score (nSPS) is 19.4. The third-order valence-corrected chi connectivity index (χ3v) is 4.42. The Labute approximate surface area is 130 Å². The highest BCUT2D eigenvalue weighted by Crippen LogP contribution is 2.23. The van der Waals surface area contributed by atoms with Crippen LogP contribution < -0.4 is 10.1 Å². The Balaban J connectivity index is 1.88. The summed E-state index contributed by atoms with van der Waals surface area (Å²) in [7, 11) is 0. The first kappa shape index (κ1) is 15.8. The molecule has 0 bridgehead atoms. The summed E-state index contributed by atoms with van der Waals surface area (Å²) >= 11 is 3.53. The van der Waals surface area contributed by atoms with Crippen molar-refractivity contribution in [1.29, 1.82) is 0 Å². The van der Waals surface area contributed by atoms with Crippen LogP contribution in [0.1, 0.15) is 32.3 Å². The Morgan fingerprint density at radius 1 is 1.40 bits per heavy atom. The van der Waals surface area contributed by atoms with Gasteiger partial charge in [-0.25, -0.2) is 0 Å². The summed E-state index contributed by atoms with van der Waals surface area (Å²) in [5, 5.41) is 3.59. The lowest BCUT2D eigenvalue weighted by Gasteiger charge is -2.23. The minimum absolute atomic E-state index is 0.697. The Morgan fingerprint density at radius 2 is 2.25 bits per heavy atom. The van der Waals surface area contributed by atoms with Crippen molar-refractivity contribution in [2.45, 2.75) is 39.3 Å². The minimum Gasteiger partial charge on any atom is -0.494 e. The Hall–Kier alpha value is -0.580. The van der Waals surface area contributed by atoms with E-state index in [1.807, 2.05) is 19.1 Å². The number of benzene rings is 1. The van der Waals surface area contributed by atoms with Crippen LogP contribution in [0.5, 0.6) is 5.75 Å². The van der Waals surface area contributed by atoms with E-state index in [2.05, 4.69) is 39.1 Å². The number of likely N-dealkylation sites (tertiary alicyclic amines) is 1. The average Bonchev–Trinajstić information content (AvgIpc) is 2.89. The van der Waals surface area contributed by atoms with Gasteiger partial charge in [-0.3, -0.25) is 4.90 Å². The van der Waals surface area contributed by atoms with Crippen molar-refractivity contribution in [3.63, 3.8) is 0 Å². The highest BCUT2D eigenvalue weighted by Gasteiger charge is 2.22. The molecule has 0 amide bonds. The lowest BCUT2D eigenvalue weighted by molar-refractivity contribution is 0.259. The van der Waals surface area contributed by atoms with Gasteiger partial charge in [0.1, 0.15) is 5.75 Å². The second-order valence-electron chi connectivity index (χ2n) is 5.24. The van der Waals surface area contributed by atoms with Crippen LogP contribution in [0.25, 0.3) is 0 Å². The summed E-state index contributed by atoms with van der Waals surface area (Å²) in [5.41, 5.74) is 1.22. The SMILES string of the molecule is CCOc1ccc(Br)cc1CNCC1CCCN1CC. The molecule has 0 radical (unpaired) electrons. The van der Waals surface area contributed by atoms with E-state index in [1.165, 1.54) is 24.9 Å². The molecule has 4 heteroatoms. The standard InChI is InChI=1S/C16H25BrN2O/c1-3-19-9-5-6-15(19)12-18-11-13-10-14(17)7-8-16(13)20-4-2/h7-8,10,15,18H,3-6,9,11-12H2,1-2H3. The van der Waals surface area contributed by atoms with Crippen molar-refractivity contribution in [2.24, 2.45) is 0 Å². The molecule has 112 valence electrons. The van der Waals surface area contributed by atoms with E-state index in [4.69, 9.17) is 4.74 Å².